The summed E-state index contributed by atoms with van der Waals surface area (Å²) in [7, 11) is 0. The number of nitrogens with zero attached hydrogens (tertiary/aromatic N) is 4. The Bertz CT molecular complexity index is 806. The van der Waals surface area contributed by atoms with E-state index in [2.05, 4.69) is 40.1 Å². The molecule has 132 valence electrons. The van der Waals surface area contributed by atoms with Gasteiger partial charge >= 0.3 is 0 Å². The molecule has 0 radical (unpaired) electrons. The van der Waals surface area contributed by atoms with Crippen LogP contribution in [0.2, 0.25) is 0 Å². The van der Waals surface area contributed by atoms with E-state index in [0.717, 1.165) is 50.4 Å². The van der Waals surface area contributed by atoms with Crippen molar-refractivity contribution in [1.82, 2.24) is 19.7 Å². The highest BCUT2D eigenvalue weighted by Gasteiger charge is 2.54. The summed E-state index contributed by atoms with van der Waals surface area (Å²) in [5, 5.41) is 4.55. The van der Waals surface area contributed by atoms with Crippen molar-refractivity contribution in [2.24, 2.45) is 0 Å². The molecule has 5 nitrogen and oxygen atoms in total. The van der Waals surface area contributed by atoms with Crippen molar-refractivity contribution in [3.8, 4) is 0 Å². The van der Waals surface area contributed by atoms with Gasteiger partial charge in [0.15, 0.2) is 0 Å². The van der Waals surface area contributed by atoms with Gasteiger partial charge in [0.2, 0.25) is 5.91 Å². The minimum absolute atomic E-state index is 0.242. The van der Waals surface area contributed by atoms with Crippen LogP contribution in [0.3, 0.4) is 0 Å². The normalized spacial score (nSPS) is 22.0. The minimum Gasteiger partial charge on any atom is -0.340 e. The van der Waals surface area contributed by atoms with Crippen molar-refractivity contribution < 1.29 is 4.79 Å². The Morgan fingerprint density at radius 2 is 1.96 bits per heavy atom. The number of aryl methyl sites for hydroxylation is 3. The van der Waals surface area contributed by atoms with Crippen molar-refractivity contribution in [2.45, 2.75) is 57.9 Å². The second kappa shape index (κ2) is 5.97. The number of aromatic nitrogens is 3. The third kappa shape index (κ3) is 2.75. The van der Waals surface area contributed by atoms with Crippen molar-refractivity contribution in [3.05, 3.63) is 47.0 Å². The van der Waals surface area contributed by atoms with Gasteiger partial charge < -0.3 is 4.90 Å². The SMILES string of the molecule is Cc1nc(C)n(C2CCCN(C(=O)C3(c4ccccc4C)CC3)C2)n1. The van der Waals surface area contributed by atoms with Gasteiger partial charge in [-0.2, -0.15) is 5.10 Å². The number of hydrogen-bond acceptors (Lipinski definition) is 3. The Morgan fingerprint density at radius 1 is 1.20 bits per heavy atom. The van der Waals surface area contributed by atoms with Crippen molar-refractivity contribution >= 4 is 5.91 Å². The highest BCUT2D eigenvalue weighted by atomic mass is 16.2. The molecule has 1 aliphatic carbocycles. The van der Waals surface area contributed by atoms with Gasteiger partial charge in [-0.25, -0.2) is 9.67 Å². The van der Waals surface area contributed by atoms with E-state index >= 15 is 0 Å². The quantitative estimate of drug-likeness (QED) is 0.864. The first-order chi connectivity index (χ1) is 12.0. The number of carbonyl (C=O) groups excluding carboxylic acids is 1. The van der Waals surface area contributed by atoms with E-state index in [9.17, 15) is 4.79 Å². The van der Waals surface area contributed by atoms with Gasteiger partial charge in [0.25, 0.3) is 0 Å². The maximum Gasteiger partial charge on any atom is 0.233 e. The first kappa shape index (κ1) is 16.3. The summed E-state index contributed by atoms with van der Waals surface area (Å²) in [6.07, 6.45) is 4.03. The number of carbonyl (C=O) groups is 1. The first-order valence-electron chi connectivity index (χ1n) is 9.26. The van der Waals surface area contributed by atoms with Gasteiger partial charge in [-0.3, -0.25) is 4.79 Å². The summed E-state index contributed by atoms with van der Waals surface area (Å²) < 4.78 is 2.02. The predicted molar refractivity (Wildman–Crippen MR) is 96.4 cm³/mol. The summed E-state index contributed by atoms with van der Waals surface area (Å²) in [6.45, 7) is 7.64. The molecule has 0 spiro atoms. The van der Waals surface area contributed by atoms with Crippen LogP contribution in [0.5, 0.6) is 0 Å². The molecule has 4 rings (SSSR count). The molecular weight excluding hydrogens is 312 g/mol. The van der Waals surface area contributed by atoms with Crippen LogP contribution < -0.4 is 0 Å². The molecule has 5 heteroatoms. The monoisotopic (exact) mass is 338 g/mol. The third-order valence-corrected chi connectivity index (χ3v) is 5.76. The highest BCUT2D eigenvalue weighted by molar-refractivity contribution is 5.91. The summed E-state index contributed by atoms with van der Waals surface area (Å²) in [6, 6.07) is 8.59. The largest absolute Gasteiger partial charge is 0.340 e. The maximum atomic E-state index is 13.4. The van der Waals surface area contributed by atoms with Gasteiger partial charge in [-0.05, 0) is 57.6 Å². The second-order valence-electron chi connectivity index (χ2n) is 7.60. The first-order valence-corrected chi connectivity index (χ1v) is 9.26. The Morgan fingerprint density at radius 3 is 2.60 bits per heavy atom. The fourth-order valence-corrected chi connectivity index (χ4v) is 4.36. The highest BCUT2D eigenvalue weighted by Crippen LogP contribution is 2.51. The molecule has 2 fully saturated rings. The molecular formula is C20H26N4O. The molecule has 0 bridgehead atoms. The molecule has 1 saturated heterocycles. The molecule has 0 N–H and O–H groups in total. The van der Waals surface area contributed by atoms with Crippen LogP contribution in [0.4, 0.5) is 0 Å². The van der Waals surface area contributed by atoms with Crippen LogP contribution in [-0.2, 0) is 10.2 Å². The summed E-state index contributed by atoms with van der Waals surface area (Å²) in [5.74, 6) is 2.05. The van der Waals surface area contributed by atoms with E-state index in [-0.39, 0.29) is 11.5 Å². The van der Waals surface area contributed by atoms with Gasteiger partial charge in [0.1, 0.15) is 11.6 Å². The molecule has 2 aromatic rings. The van der Waals surface area contributed by atoms with E-state index in [1.54, 1.807) is 0 Å². The fraction of sp³-hybridized carbons (Fsp3) is 0.550. The molecule has 1 aromatic heterocycles. The van der Waals surface area contributed by atoms with Gasteiger partial charge in [0, 0.05) is 13.1 Å². The average molecular weight is 338 g/mol. The van der Waals surface area contributed by atoms with Crippen LogP contribution in [0.1, 0.15) is 54.5 Å². The number of likely N-dealkylation sites (tertiary alicyclic amines) is 1. The lowest BCUT2D eigenvalue weighted by molar-refractivity contribution is -0.135. The second-order valence-corrected chi connectivity index (χ2v) is 7.60. The van der Waals surface area contributed by atoms with E-state index in [1.807, 2.05) is 24.6 Å². The zero-order chi connectivity index (χ0) is 17.6. The molecule has 1 amide bonds. The Hall–Kier alpha value is -2.17. The number of benzene rings is 1. The zero-order valence-electron chi connectivity index (χ0n) is 15.3. The standard InChI is InChI=1S/C20H26N4O/c1-14-7-4-5-9-18(14)20(10-11-20)19(25)23-12-6-8-17(13-23)24-16(3)21-15(2)22-24/h4-5,7,9,17H,6,8,10-13H2,1-3H3. The smallest absolute Gasteiger partial charge is 0.233 e. The lowest BCUT2D eigenvalue weighted by Gasteiger charge is -2.35. The van der Waals surface area contributed by atoms with Crippen LogP contribution in [-0.4, -0.2) is 38.7 Å². The molecule has 2 heterocycles. The molecule has 1 unspecified atom stereocenters. The van der Waals surface area contributed by atoms with E-state index in [0.29, 0.717) is 5.91 Å². The molecule has 1 aliphatic heterocycles. The molecule has 1 atom stereocenters. The van der Waals surface area contributed by atoms with E-state index < -0.39 is 0 Å². The van der Waals surface area contributed by atoms with Crippen LogP contribution in [0.15, 0.2) is 24.3 Å². The van der Waals surface area contributed by atoms with Crippen molar-refractivity contribution in [3.63, 3.8) is 0 Å². The van der Waals surface area contributed by atoms with Crippen LogP contribution >= 0.6 is 0 Å². The Balaban J connectivity index is 1.57. The van der Waals surface area contributed by atoms with Gasteiger partial charge in [-0.1, -0.05) is 24.3 Å². The molecule has 25 heavy (non-hydrogen) atoms. The third-order valence-electron chi connectivity index (χ3n) is 5.76. The van der Waals surface area contributed by atoms with Gasteiger partial charge in [-0.15, -0.1) is 0 Å². The Kier molecular flexibility index (Phi) is 3.89. The summed E-state index contributed by atoms with van der Waals surface area (Å²) >= 11 is 0. The van der Waals surface area contributed by atoms with Crippen molar-refractivity contribution in [1.29, 1.82) is 0 Å². The maximum absolute atomic E-state index is 13.4. The number of amides is 1. The van der Waals surface area contributed by atoms with E-state index in [4.69, 9.17) is 0 Å². The molecule has 1 aromatic carbocycles. The number of rotatable bonds is 3. The minimum atomic E-state index is -0.277. The topological polar surface area (TPSA) is 51.0 Å². The Labute approximate surface area is 149 Å². The number of hydrogen-bond donors (Lipinski definition) is 0. The van der Waals surface area contributed by atoms with Gasteiger partial charge in [0.05, 0.1) is 11.5 Å². The summed E-state index contributed by atoms with van der Waals surface area (Å²) in [5.41, 5.74) is 2.17. The number of piperidine rings is 1. The van der Waals surface area contributed by atoms with E-state index in [1.165, 1.54) is 11.1 Å². The predicted octanol–water partition coefficient (Wildman–Crippen LogP) is 3.10. The summed E-state index contributed by atoms with van der Waals surface area (Å²) in [4.78, 5) is 19.9. The average Bonchev–Trinajstić information content (AvgIpc) is 3.34. The lowest BCUT2D eigenvalue weighted by atomic mass is 9.89. The zero-order valence-corrected chi connectivity index (χ0v) is 15.3. The molecule has 2 aliphatic rings. The fourth-order valence-electron chi connectivity index (χ4n) is 4.36. The van der Waals surface area contributed by atoms with Crippen LogP contribution in [0.25, 0.3) is 0 Å². The van der Waals surface area contributed by atoms with Crippen LogP contribution in [0, 0.1) is 20.8 Å². The van der Waals surface area contributed by atoms with Crippen molar-refractivity contribution in [2.75, 3.05) is 13.1 Å². The molecule has 1 saturated carbocycles. The lowest BCUT2D eigenvalue weighted by Crippen LogP contribution is -2.46.